The van der Waals surface area contributed by atoms with Gasteiger partial charge in [-0.1, -0.05) is 31.2 Å². The second-order valence-electron chi connectivity index (χ2n) is 5.83. The van der Waals surface area contributed by atoms with Crippen LogP contribution in [0.1, 0.15) is 43.7 Å². The molecule has 0 bridgehead atoms. The Bertz CT molecular complexity index is 437. The summed E-state index contributed by atoms with van der Waals surface area (Å²) in [4.78, 5) is 11.8. The maximum Gasteiger partial charge on any atom is 0.315 e. The number of aryl methyl sites for hydroxylation is 1. The summed E-state index contributed by atoms with van der Waals surface area (Å²) >= 11 is 0. The Kier molecular flexibility index (Phi) is 6.05. The molecule has 0 saturated heterocycles. The number of carbonyl (C=O) groups is 1. The second kappa shape index (κ2) is 8.03. The average molecular weight is 290 g/mol. The van der Waals surface area contributed by atoms with Gasteiger partial charge >= 0.3 is 6.03 Å². The maximum absolute atomic E-state index is 11.8. The molecule has 4 nitrogen and oxygen atoms in total. The summed E-state index contributed by atoms with van der Waals surface area (Å²) in [5, 5.41) is 15.3. The third kappa shape index (κ3) is 5.38. The first kappa shape index (κ1) is 15.8. The fourth-order valence-electron chi connectivity index (χ4n) is 2.72. The van der Waals surface area contributed by atoms with E-state index in [0.29, 0.717) is 6.54 Å². The Morgan fingerprint density at radius 3 is 2.38 bits per heavy atom. The molecule has 1 aliphatic carbocycles. The molecule has 0 aromatic heterocycles. The highest BCUT2D eigenvalue weighted by Crippen LogP contribution is 2.18. The minimum absolute atomic E-state index is 0.0958. The minimum atomic E-state index is -0.183. The topological polar surface area (TPSA) is 61.4 Å². The minimum Gasteiger partial charge on any atom is -0.393 e. The molecule has 21 heavy (non-hydrogen) atoms. The van der Waals surface area contributed by atoms with Gasteiger partial charge < -0.3 is 15.7 Å². The zero-order valence-electron chi connectivity index (χ0n) is 12.8. The van der Waals surface area contributed by atoms with Crippen LogP contribution in [0.4, 0.5) is 4.79 Å². The molecule has 116 valence electrons. The van der Waals surface area contributed by atoms with E-state index in [1.807, 2.05) is 0 Å². The highest BCUT2D eigenvalue weighted by molar-refractivity contribution is 5.74. The molecule has 0 atom stereocenters. The van der Waals surface area contributed by atoms with Crippen molar-refractivity contribution in [1.82, 2.24) is 10.6 Å². The maximum atomic E-state index is 11.8. The van der Waals surface area contributed by atoms with Gasteiger partial charge in [0.05, 0.1) is 6.10 Å². The van der Waals surface area contributed by atoms with E-state index >= 15 is 0 Å². The summed E-state index contributed by atoms with van der Waals surface area (Å²) in [7, 11) is 0. The van der Waals surface area contributed by atoms with Crippen molar-refractivity contribution in [3.63, 3.8) is 0 Å². The zero-order chi connectivity index (χ0) is 15.1. The van der Waals surface area contributed by atoms with Gasteiger partial charge in [-0.05, 0) is 49.7 Å². The number of aliphatic hydroxyl groups is 1. The number of carbonyl (C=O) groups excluding carboxylic acids is 1. The molecule has 0 spiro atoms. The van der Waals surface area contributed by atoms with E-state index in [-0.39, 0.29) is 18.2 Å². The first-order valence-corrected chi connectivity index (χ1v) is 7.97. The summed E-state index contributed by atoms with van der Waals surface area (Å²) in [5.74, 6) is 0. The number of benzene rings is 1. The molecule has 4 heteroatoms. The van der Waals surface area contributed by atoms with Crippen molar-refractivity contribution in [2.75, 3.05) is 6.54 Å². The quantitative estimate of drug-likeness (QED) is 0.780. The van der Waals surface area contributed by atoms with Gasteiger partial charge in [-0.2, -0.15) is 0 Å². The number of aliphatic hydroxyl groups excluding tert-OH is 1. The van der Waals surface area contributed by atoms with Crippen LogP contribution in [0.15, 0.2) is 24.3 Å². The van der Waals surface area contributed by atoms with Gasteiger partial charge in [0.25, 0.3) is 0 Å². The van der Waals surface area contributed by atoms with Gasteiger partial charge in [0.2, 0.25) is 0 Å². The van der Waals surface area contributed by atoms with E-state index in [2.05, 4.69) is 41.8 Å². The van der Waals surface area contributed by atoms with Gasteiger partial charge in [-0.15, -0.1) is 0 Å². The van der Waals surface area contributed by atoms with Crippen LogP contribution in [0.25, 0.3) is 0 Å². The fraction of sp³-hybridized carbons (Fsp3) is 0.588. The van der Waals surface area contributed by atoms with Crippen molar-refractivity contribution in [2.24, 2.45) is 0 Å². The van der Waals surface area contributed by atoms with Crippen LogP contribution in [0, 0.1) is 0 Å². The Hall–Kier alpha value is -1.55. The number of hydrogen-bond acceptors (Lipinski definition) is 2. The van der Waals surface area contributed by atoms with Crippen molar-refractivity contribution in [3.8, 4) is 0 Å². The van der Waals surface area contributed by atoms with Crippen LogP contribution in [-0.4, -0.2) is 29.8 Å². The molecule has 2 amide bonds. The monoisotopic (exact) mass is 290 g/mol. The van der Waals surface area contributed by atoms with Gasteiger partial charge in [0.15, 0.2) is 0 Å². The highest BCUT2D eigenvalue weighted by atomic mass is 16.3. The largest absolute Gasteiger partial charge is 0.393 e. The van der Waals surface area contributed by atoms with Gasteiger partial charge in [0, 0.05) is 12.6 Å². The summed E-state index contributed by atoms with van der Waals surface area (Å²) in [6.45, 7) is 2.79. The van der Waals surface area contributed by atoms with E-state index in [9.17, 15) is 9.90 Å². The van der Waals surface area contributed by atoms with Crippen LogP contribution in [0.3, 0.4) is 0 Å². The lowest BCUT2D eigenvalue weighted by Gasteiger charge is -2.26. The molecular formula is C17H26N2O2. The Morgan fingerprint density at radius 1 is 1.14 bits per heavy atom. The Balaban J connectivity index is 1.64. The van der Waals surface area contributed by atoms with E-state index in [1.54, 1.807) is 0 Å². The summed E-state index contributed by atoms with van der Waals surface area (Å²) in [6, 6.07) is 8.65. The van der Waals surface area contributed by atoms with Crippen molar-refractivity contribution in [2.45, 2.75) is 57.6 Å². The molecular weight excluding hydrogens is 264 g/mol. The molecule has 0 radical (unpaired) electrons. The molecule has 0 aliphatic heterocycles. The van der Waals surface area contributed by atoms with Gasteiger partial charge in [-0.3, -0.25) is 0 Å². The van der Waals surface area contributed by atoms with E-state index in [1.165, 1.54) is 11.1 Å². The van der Waals surface area contributed by atoms with E-state index < -0.39 is 0 Å². The lowest BCUT2D eigenvalue weighted by molar-refractivity contribution is 0.117. The average Bonchev–Trinajstić information content (AvgIpc) is 2.50. The summed E-state index contributed by atoms with van der Waals surface area (Å²) in [5.41, 5.74) is 2.58. The van der Waals surface area contributed by atoms with Crippen LogP contribution in [0.2, 0.25) is 0 Å². The lowest BCUT2D eigenvalue weighted by Crippen LogP contribution is -2.44. The third-order valence-electron chi connectivity index (χ3n) is 4.16. The standard InChI is InChI=1S/C17H26N2O2/c1-2-13-3-5-14(6-4-13)11-12-18-17(21)19-15-7-9-16(20)10-8-15/h3-6,15-16,20H,2,7-12H2,1H3,(H2,18,19,21). The van der Waals surface area contributed by atoms with Crippen LogP contribution in [-0.2, 0) is 12.8 Å². The predicted molar refractivity (Wildman–Crippen MR) is 84.3 cm³/mol. The van der Waals surface area contributed by atoms with E-state index in [4.69, 9.17) is 0 Å². The number of amides is 2. The normalized spacial score (nSPS) is 21.8. The highest BCUT2D eigenvalue weighted by Gasteiger charge is 2.20. The zero-order valence-corrected chi connectivity index (χ0v) is 12.8. The third-order valence-corrected chi connectivity index (χ3v) is 4.16. The van der Waals surface area contributed by atoms with Crippen molar-refractivity contribution in [3.05, 3.63) is 35.4 Å². The summed E-state index contributed by atoms with van der Waals surface area (Å²) < 4.78 is 0. The first-order valence-electron chi connectivity index (χ1n) is 7.97. The number of hydrogen-bond donors (Lipinski definition) is 3. The van der Waals surface area contributed by atoms with Crippen LogP contribution < -0.4 is 10.6 Å². The van der Waals surface area contributed by atoms with Crippen LogP contribution >= 0.6 is 0 Å². The predicted octanol–water partition coefficient (Wildman–Crippen LogP) is 2.39. The van der Waals surface area contributed by atoms with Crippen LogP contribution in [0.5, 0.6) is 0 Å². The van der Waals surface area contributed by atoms with Gasteiger partial charge in [0.1, 0.15) is 0 Å². The number of urea groups is 1. The SMILES string of the molecule is CCc1ccc(CCNC(=O)NC2CCC(O)CC2)cc1. The Labute approximate surface area is 126 Å². The molecule has 0 unspecified atom stereocenters. The van der Waals surface area contributed by atoms with E-state index in [0.717, 1.165) is 38.5 Å². The second-order valence-corrected chi connectivity index (χ2v) is 5.83. The molecule has 0 heterocycles. The van der Waals surface area contributed by atoms with Gasteiger partial charge in [-0.25, -0.2) is 4.79 Å². The van der Waals surface area contributed by atoms with Crippen molar-refractivity contribution >= 4 is 6.03 Å². The summed E-state index contributed by atoms with van der Waals surface area (Å²) in [6.07, 6.45) is 5.03. The molecule has 3 N–H and O–H groups in total. The molecule has 1 aliphatic rings. The molecule has 1 aromatic rings. The fourth-order valence-corrected chi connectivity index (χ4v) is 2.72. The molecule has 1 aromatic carbocycles. The smallest absolute Gasteiger partial charge is 0.315 e. The number of rotatable bonds is 5. The van der Waals surface area contributed by atoms with Crippen molar-refractivity contribution < 1.29 is 9.90 Å². The molecule has 1 fully saturated rings. The number of nitrogens with one attached hydrogen (secondary N) is 2. The molecule has 1 saturated carbocycles. The Morgan fingerprint density at radius 2 is 1.76 bits per heavy atom. The van der Waals surface area contributed by atoms with Crippen molar-refractivity contribution in [1.29, 1.82) is 0 Å². The lowest BCUT2D eigenvalue weighted by atomic mass is 9.93. The first-order chi connectivity index (χ1) is 10.2. The molecule has 2 rings (SSSR count).